The van der Waals surface area contributed by atoms with Crippen LogP contribution in [0, 0.1) is 0 Å². The Labute approximate surface area is 71.5 Å². The van der Waals surface area contributed by atoms with E-state index in [9.17, 15) is 0 Å². The fourth-order valence-corrected chi connectivity index (χ4v) is 5.43. The summed E-state index contributed by atoms with van der Waals surface area (Å²) < 4.78 is 11.2. The molecule has 0 unspecified atom stereocenters. The van der Waals surface area contributed by atoms with Gasteiger partial charge in [-0.15, -0.1) is 0 Å². The van der Waals surface area contributed by atoms with Crippen molar-refractivity contribution in [1.29, 1.82) is 0 Å². The molecule has 0 fully saturated rings. The van der Waals surface area contributed by atoms with Crippen LogP contribution in [0.3, 0.4) is 0 Å². The van der Waals surface area contributed by atoms with Gasteiger partial charge in [0.25, 0.3) is 0 Å². The second-order valence-corrected chi connectivity index (χ2v) is 13.6. The SMILES string of the molecule is CCC[CH2][Sn]([Cl])([O]C)[O]C. The molecule has 0 aromatic carbocycles. The van der Waals surface area contributed by atoms with E-state index >= 15 is 0 Å². The minimum atomic E-state index is -2.94. The van der Waals surface area contributed by atoms with Crippen molar-refractivity contribution < 1.29 is 6.15 Å². The fraction of sp³-hybridized carbons (Fsp3) is 1.00. The molecule has 0 rings (SSSR count). The molecule has 0 radical (unpaired) electrons. The Balaban J connectivity index is 3.58. The minimum absolute atomic E-state index is 0.944. The second-order valence-electron chi connectivity index (χ2n) is 2.17. The van der Waals surface area contributed by atoms with Gasteiger partial charge in [-0.1, -0.05) is 0 Å². The molecule has 0 atom stereocenters. The van der Waals surface area contributed by atoms with Crippen molar-refractivity contribution in [3.8, 4) is 0 Å². The molecule has 0 aromatic rings. The molecule has 0 aliphatic heterocycles. The summed E-state index contributed by atoms with van der Waals surface area (Å²) in [5, 5.41) is 0. The molecule has 0 N–H and O–H groups in total. The molecule has 0 heterocycles. The Hall–Kier alpha value is 1.01. The average molecular weight is 273 g/mol. The Morgan fingerprint density at radius 3 is 2.10 bits per heavy atom. The third-order valence-corrected chi connectivity index (χ3v) is 11.0. The molecular weight excluding hydrogens is 258 g/mol. The molecule has 0 bridgehead atoms. The Kier molecular flexibility index (Phi) is 6.20. The van der Waals surface area contributed by atoms with E-state index in [1.807, 2.05) is 0 Å². The maximum absolute atomic E-state index is 6.05. The van der Waals surface area contributed by atoms with Gasteiger partial charge in [0.1, 0.15) is 0 Å². The summed E-state index contributed by atoms with van der Waals surface area (Å²) in [6.07, 6.45) is 2.26. The quantitative estimate of drug-likeness (QED) is 0.715. The van der Waals surface area contributed by atoms with Gasteiger partial charge in [0.2, 0.25) is 0 Å². The molecule has 0 saturated heterocycles. The van der Waals surface area contributed by atoms with E-state index < -0.39 is 18.1 Å². The zero-order valence-electron chi connectivity index (χ0n) is 6.82. The number of hydrogen-bond acceptors (Lipinski definition) is 2. The van der Waals surface area contributed by atoms with Crippen LogP contribution in [0.25, 0.3) is 0 Å². The average Bonchev–Trinajstić information content (AvgIpc) is 2.00. The van der Waals surface area contributed by atoms with Crippen LogP contribution in [-0.4, -0.2) is 32.3 Å². The standard InChI is InChI=1S/C4H9.2CH3O.ClH.Sn/c1-3-4-2;2*1-2;;/h1,3-4H2,2H3;2*1H3;1H;/q;2*-1;;+3/p-1. The van der Waals surface area contributed by atoms with Crippen molar-refractivity contribution in [1.82, 2.24) is 0 Å². The van der Waals surface area contributed by atoms with Gasteiger partial charge in [-0.25, -0.2) is 0 Å². The summed E-state index contributed by atoms with van der Waals surface area (Å²) in [7, 11) is 9.33. The molecule has 0 aliphatic carbocycles. The molecule has 0 amide bonds. The summed E-state index contributed by atoms with van der Waals surface area (Å²) in [5.41, 5.74) is 0. The number of rotatable bonds is 5. The third-order valence-electron chi connectivity index (χ3n) is 1.44. The van der Waals surface area contributed by atoms with Crippen LogP contribution in [0.1, 0.15) is 19.8 Å². The van der Waals surface area contributed by atoms with Crippen LogP contribution in [0.2, 0.25) is 4.44 Å². The van der Waals surface area contributed by atoms with Crippen LogP contribution in [-0.2, 0) is 6.15 Å². The van der Waals surface area contributed by atoms with Gasteiger partial charge in [-0.05, 0) is 0 Å². The van der Waals surface area contributed by atoms with Crippen molar-refractivity contribution in [2.45, 2.75) is 24.2 Å². The molecular formula is C6H15ClO2Sn. The van der Waals surface area contributed by atoms with E-state index in [4.69, 9.17) is 15.1 Å². The second kappa shape index (κ2) is 5.63. The van der Waals surface area contributed by atoms with E-state index in [0.717, 1.165) is 17.3 Å². The molecule has 0 saturated carbocycles. The Morgan fingerprint density at radius 2 is 1.80 bits per heavy atom. The fourth-order valence-electron chi connectivity index (χ4n) is 0.675. The van der Waals surface area contributed by atoms with E-state index in [1.165, 1.54) is 0 Å². The van der Waals surface area contributed by atoms with Crippen molar-refractivity contribution in [2.75, 3.05) is 14.2 Å². The van der Waals surface area contributed by atoms with E-state index in [2.05, 4.69) is 6.92 Å². The van der Waals surface area contributed by atoms with Crippen molar-refractivity contribution in [3.63, 3.8) is 0 Å². The van der Waals surface area contributed by atoms with Crippen LogP contribution in [0.4, 0.5) is 0 Å². The van der Waals surface area contributed by atoms with Crippen molar-refractivity contribution in [2.24, 2.45) is 0 Å². The number of halogens is 1. The van der Waals surface area contributed by atoms with Gasteiger partial charge < -0.3 is 0 Å². The van der Waals surface area contributed by atoms with E-state index in [0.29, 0.717) is 0 Å². The first-order valence-corrected chi connectivity index (χ1v) is 11.4. The van der Waals surface area contributed by atoms with Gasteiger partial charge in [-0.2, -0.15) is 0 Å². The van der Waals surface area contributed by atoms with Crippen LogP contribution >= 0.6 is 8.92 Å². The van der Waals surface area contributed by atoms with Crippen LogP contribution in [0.5, 0.6) is 0 Å². The predicted octanol–water partition coefficient (Wildman–Crippen LogP) is 2.26. The first kappa shape index (κ1) is 11.0. The summed E-state index contributed by atoms with van der Waals surface area (Å²) in [4.78, 5) is 0. The molecule has 0 spiro atoms. The Bertz CT molecular complexity index is 85.8. The zero-order valence-corrected chi connectivity index (χ0v) is 10.4. The Morgan fingerprint density at radius 1 is 1.30 bits per heavy atom. The van der Waals surface area contributed by atoms with Crippen molar-refractivity contribution in [3.05, 3.63) is 0 Å². The summed E-state index contributed by atoms with van der Waals surface area (Å²) in [6.45, 7) is 2.13. The zero-order chi connectivity index (χ0) is 8.04. The number of hydrogen-bond donors (Lipinski definition) is 0. The van der Waals surface area contributed by atoms with Gasteiger partial charge in [0, 0.05) is 0 Å². The maximum atomic E-state index is 6.05. The van der Waals surface area contributed by atoms with Gasteiger partial charge in [0.05, 0.1) is 0 Å². The van der Waals surface area contributed by atoms with Crippen LogP contribution < -0.4 is 0 Å². The third kappa shape index (κ3) is 4.01. The topological polar surface area (TPSA) is 18.5 Å². The van der Waals surface area contributed by atoms with Crippen molar-refractivity contribution >= 4 is 27.0 Å². The molecule has 2 nitrogen and oxygen atoms in total. The summed E-state index contributed by atoms with van der Waals surface area (Å²) in [5.74, 6) is 0. The monoisotopic (exact) mass is 274 g/mol. The van der Waals surface area contributed by atoms with Gasteiger partial charge in [0.15, 0.2) is 0 Å². The summed E-state index contributed by atoms with van der Waals surface area (Å²) >= 11 is -2.94. The number of unbranched alkanes of at least 4 members (excludes halogenated alkanes) is 1. The van der Waals surface area contributed by atoms with E-state index in [1.54, 1.807) is 14.2 Å². The van der Waals surface area contributed by atoms with Gasteiger partial charge >= 0.3 is 71.6 Å². The van der Waals surface area contributed by atoms with E-state index in [-0.39, 0.29) is 0 Å². The van der Waals surface area contributed by atoms with Crippen LogP contribution in [0.15, 0.2) is 0 Å². The molecule has 10 heavy (non-hydrogen) atoms. The predicted molar refractivity (Wildman–Crippen MR) is 45.3 cm³/mol. The molecule has 62 valence electrons. The van der Waals surface area contributed by atoms with Gasteiger partial charge in [-0.3, -0.25) is 0 Å². The first-order chi connectivity index (χ1) is 4.68. The molecule has 0 aliphatic rings. The molecule has 4 heteroatoms. The first-order valence-electron chi connectivity index (χ1n) is 3.47. The normalized spacial score (nSPS) is 12.0. The molecule has 0 aromatic heterocycles. The summed E-state index contributed by atoms with van der Waals surface area (Å²) in [6, 6.07) is 0.